The fourth-order valence-electron chi connectivity index (χ4n) is 2.30. The maximum absolute atomic E-state index is 11.0. The van der Waals surface area contributed by atoms with Crippen LogP contribution in [0.3, 0.4) is 0 Å². The number of nitrogens with zero attached hydrogens (tertiary/aromatic N) is 3. The summed E-state index contributed by atoms with van der Waals surface area (Å²) in [7, 11) is 0. The second-order valence-corrected chi connectivity index (χ2v) is 5.14. The lowest BCUT2D eigenvalue weighted by atomic mass is 9.81. The van der Waals surface area contributed by atoms with Gasteiger partial charge in [0.25, 0.3) is 5.79 Å². The van der Waals surface area contributed by atoms with Crippen LogP contribution in [0.25, 0.3) is 10.4 Å². The number of aliphatic hydroxyl groups excluding tert-OH is 2. The van der Waals surface area contributed by atoms with Crippen molar-refractivity contribution in [3.8, 4) is 0 Å². The molecule has 9 nitrogen and oxygen atoms in total. The molecule has 1 aliphatic rings. The Bertz CT molecular complexity index is 413. The molecule has 1 rings (SSSR count). The van der Waals surface area contributed by atoms with Crippen molar-refractivity contribution in [1.29, 1.82) is 0 Å². The zero-order valence-corrected chi connectivity index (χ0v) is 11.2. The summed E-state index contributed by atoms with van der Waals surface area (Å²) < 4.78 is 5.18. The molecular weight excluding hydrogens is 270 g/mol. The van der Waals surface area contributed by atoms with Gasteiger partial charge in [-0.05, 0) is 5.53 Å². The molecule has 0 aromatic heterocycles. The summed E-state index contributed by atoms with van der Waals surface area (Å²) in [6.45, 7) is 3.00. The van der Waals surface area contributed by atoms with Gasteiger partial charge in [0.15, 0.2) is 0 Å². The van der Waals surface area contributed by atoms with E-state index in [1.54, 1.807) is 13.8 Å². The van der Waals surface area contributed by atoms with Crippen LogP contribution in [0, 0.1) is 11.8 Å². The molecule has 9 heteroatoms. The Morgan fingerprint density at radius 2 is 2.25 bits per heavy atom. The Morgan fingerprint density at radius 1 is 1.65 bits per heavy atom. The topological polar surface area (TPSA) is 156 Å². The van der Waals surface area contributed by atoms with Crippen molar-refractivity contribution in [2.75, 3.05) is 6.54 Å². The van der Waals surface area contributed by atoms with Crippen molar-refractivity contribution in [3.05, 3.63) is 10.4 Å². The van der Waals surface area contributed by atoms with E-state index in [1.807, 2.05) is 0 Å². The molecule has 1 unspecified atom stereocenters. The van der Waals surface area contributed by atoms with E-state index >= 15 is 0 Å². The van der Waals surface area contributed by atoms with Gasteiger partial charge < -0.3 is 25.2 Å². The lowest BCUT2D eigenvalue weighted by Gasteiger charge is -2.44. The molecule has 0 radical (unpaired) electrons. The van der Waals surface area contributed by atoms with E-state index in [0.29, 0.717) is 0 Å². The first kappa shape index (κ1) is 16.7. The first-order valence-electron chi connectivity index (χ1n) is 6.23. The maximum atomic E-state index is 11.0. The standard InChI is InChI=1S/C11H19N3O6/c1-5-7(15)3-11(19,10(17)18)20-9(5)6(2)8(16)4-13-14-12/h5-9,15-16,19H,3-4H2,1-2H3,(H,17,18)/t5-,6-,7+,8-,9?,11+/m1/s1. The number of carboxylic acid groups (broad SMARTS) is 1. The minimum atomic E-state index is -2.48. The zero-order valence-electron chi connectivity index (χ0n) is 11.2. The van der Waals surface area contributed by atoms with Crippen LogP contribution in [-0.4, -0.2) is 57.0 Å². The number of hydrogen-bond donors (Lipinski definition) is 4. The minimum Gasteiger partial charge on any atom is -0.477 e. The number of hydrogen-bond acceptors (Lipinski definition) is 6. The van der Waals surface area contributed by atoms with Gasteiger partial charge in [0, 0.05) is 23.2 Å². The molecule has 114 valence electrons. The molecule has 1 saturated heterocycles. The van der Waals surface area contributed by atoms with E-state index in [2.05, 4.69) is 10.0 Å². The van der Waals surface area contributed by atoms with E-state index in [-0.39, 0.29) is 6.54 Å². The summed E-state index contributed by atoms with van der Waals surface area (Å²) in [5.41, 5.74) is 8.22. The van der Waals surface area contributed by atoms with E-state index in [4.69, 9.17) is 15.4 Å². The molecule has 4 N–H and O–H groups in total. The van der Waals surface area contributed by atoms with Crippen molar-refractivity contribution in [1.82, 2.24) is 0 Å². The smallest absolute Gasteiger partial charge is 0.364 e. The second kappa shape index (κ2) is 6.38. The SMILES string of the molecule is C[C@@H](C1O[C@](O)(C(=O)O)C[C@H](O)[C@H]1C)[C@H](O)CN=[N+]=[N-]. The predicted molar refractivity (Wildman–Crippen MR) is 66.4 cm³/mol. The van der Waals surface area contributed by atoms with Crippen LogP contribution in [0.2, 0.25) is 0 Å². The van der Waals surface area contributed by atoms with Crippen molar-refractivity contribution >= 4 is 5.97 Å². The molecule has 1 aliphatic heterocycles. The van der Waals surface area contributed by atoms with Gasteiger partial charge in [0.2, 0.25) is 0 Å². The van der Waals surface area contributed by atoms with Crippen molar-refractivity contribution in [3.63, 3.8) is 0 Å². The molecule has 20 heavy (non-hydrogen) atoms. The van der Waals surface area contributed by atoms with Crippen LogP contribution < -0.4 is 0 Å². The van der Waals surface area contributed by atoms with E-state index in [9.17, 15) is 20.1 Å². The third-order valence-corrected chi connectivity index (χ3v) is 3.73. The van der Waals surface area contributed by atoms with Gasteiger partial charge in [-0.3, -0.25) is 0 Å². The molecule has 1 fully saturated rings. The summed E-state index contributed by atoms with van der Waals surface area (Å²) >= 11 is 0. The molecule has 0 amide bonds. The zero-order chi connectivity index (χ0) is 15.5. The number of carbonyl (C=O) groups is 1. The van der Waals surface area contributed by atoms with E-state index in [1.165, 1.54) is 0 Å². The normalized spacial score (nSPS) is 36.8. The highest BCUT2D eigenvalue weighted by atomic mass is 16.7. The third kappa shape index (κ3) is 3.38. The molecule has 0 aromatic rings. The fourth-order valence-corrected chi connectivity index (χ4v) is 2.30. The Morgan fingerprint density at radius 3 is 2.75 bits per heavy atom. The van der Waals surface area contributed by atoms with Crippen molar-refractivity contribution < 1.29 is 30.0 Å². The van der Waals surface area contributed by atoms with Crippen LogP contribution in [0.5, 0.6) is 0 Å². The Hall–Kier alpha value is -1.38. The van der Waals surface area contributed by atoms with Crippen LogP contribution >= 0.6 is 0 Å². The highest BCUT2D eigenvalue weighted by Gasteiger charge is 2.51. The first-order valence-corrected chi connectivity index (χ1v) is 6.23. The number of ether oxygens (including phenoxy) is 1. The summed E-state index contributed by atoms with van der Waals surface area (Å²) in [5, 5.41) is 41.8. The first-order chi connectivity index (χ1) is 9.23. The number of azide groups is 1. The molecular formula is C11H19N3O6. The Kier molecular flexibility index (Phi) is 5.32. The van der Waals surface area contributed by atoms with Crippen LogP contribution in [0.4, 0.5) is 0 Å². The van der Waals surface area contributed by atoms with Gasteiger partial charge in [-0.25, -0.2) is 4.79 Å². The minimum absolute atomic E-state index is 0.203. The highest BCUT2D eigenvalue weighted by molar-refractivity contribution is 5.75. The fraction of sp³-hybridized carbons (Fsp3) is 0.909. The second-order valence-electron chi connectivity index (χ2n) is 5.14. The van der Waals surface area contributed by atoms with Crippen molar-refractivity contribution in [2.45, 2.75) is 44.4 Å². The maximum Gasteiger partial charge on any atom is 0.364 e. The highest BCUT2D eigenvalue weighted by Crippen LogP contribution is 2.35. The van der Waals surface area contributed by atoms with Crippen LogP contribution in [0.15, 0.2) is 5.11 Å². The average Bonchev–Trinajstić information content (AvgIpc) is 2.39. The molecule has 0 saturated carbocycles. The number of carboxylic acids is 1. The van der Waals surface area contributed by atoms with Gasteiger partial charge in [0.05, 0.1) is 24.9 Å². The largest absolute Gasteiger partial charge is 0.477 e. The molecule has 0 aromatic carbocycles. The van der Waals surface area contributed by atoms with Gasteiger partial charge in [-0.2, -0.15) is 0 Å². The summed E-state index contributed by atoms with van der Waals surface area (Å²) in [4.78, 5) is 13.5. The Balaban J connectivity index is 2.90. The lowest BCUT2D eigenvalue weighted by molar-refractivity contribution is -0.294. The van der Waals surface area contributed by atoms with Crippen LogP contribution in [-0.2, 0) is 9.53 Å². The number of aliphatic carboxylic acids is 1. The Labute approximate surface area is 115 Å². The summed E-state index contributed by atoms with van der Waals surface area (Å²) in [6.07, 6.45) is -3.48. The molecule has 0 aliphatic carbocycles. The summed E-state index contributed by atoms with van der Waals surface area (Å²) in [6, 6.07) is 0. The van der Waals surface area contributed by atoms with E-state index in [0.717, 1.165) is 0 Å². The van der Waals surface area contributed by atoms with Gasteiger partial charge in [-0.1, -0.05) is 19.0 Å². The molecule has 0 spiro atoms. The van der Waals surface area contributed by atoms with Gasteiger partial charge in [0.1, 0.15) is 0 Å². The molecule has 6 atom stereocenters. The number of aliphatic hydroxyl groups is 3. The predicted octanol–water partition coefficient (Wildman–Crippen LogP) is -0.147. The average molecular weight is 289 g/mol. The lowest BCUT2D eigenvalue weighted by Crippen LogP contribution is -2.58. The number of rotatable bonds is 5. The van der Waals surface area contributed by atoms with Gasteiger partial charge >= 0.3 is 5.97 Å². The molecule has 1 heterocycles. The monoisotopic (exact) mass is 289 g/mol. The summed E-state index contributed by atoms with van der Waals surface area (Å²) in [5.74, 6) is -5.19. The van der Waals surface area contributed by atoms with E-state index < -0.39 is 48.3 Å². The van der Waals surface area contributed by atoms with Crippen LogP contribution in [0.1, 0.15) is 20.3 Å². The quantitative estimate of drug-likeness (QED) is 0.313. The van der Waals surface area contributed by atoms with Gasteiger partial charge in [-0.15, -0.1) is 0 Å². The van der Waals surface area contributed by atoms with Crippen molar-refractivity contribution in [2.24, 2.45) is 17.0 Å². The molecule has 0 bridgehead atoms. The third-order valence-electron chi connectivity index (χ3n) is 3.73.